The monoisotopic (exact) mass is 369 g/mol. The maximum atomic E-state index is 14.0. The van der Waals surface area contributed by atoms with Crippen LogP contribution in [-0.2, 0) is 4.79 Å². The van der Waals surface area contributed by atoms with Gasteiger partial charge in [-0.05, 0) is 50.7 Å². The second kappa shape index (κ2) is 8.83. The Labute approximate surface area is 159 Å². The van der Waals surface area contributed by atoms with E-state index in [0.29, 0.717) is 12.1 Å². The Balaban J connectivity index is 1.45. The van der Waals surface area contributed by atoms with E-state index in [1.54, 1.807) is 11.0 Å². The minimum absolute atomic E-state index is 0.00989. The van der Waals surface area contributed by atoms with E-state index in [9.17, 15) is 9.18 Å². The van der Waals surface area contributed by atoms with Gasteiger partial charge in [0.25, 0.3) is 0 Å². The van der Waals surface area contributed by atoms with Gasteiger partial charge in [-0.15, -0.1) is 0 Å². The molecule has 0 bridgehead atoms. The topological polar surface area (TPSA) is 91.9 Å². The van der Waals surface area contributed by atoms with Gasteiger partial charge >= 0.3 is 0 Å². The zero-order valence-corrected chi connectivity index (χ0v) is 15.2. The molecule has 2 fully saturated rings. The van der Waals surface area contributed by atoms with Crippen molar-refractivity contribution in [2.75, 3.05) is 18.4 Å². The van der Waals surface area contributed by atoms with E-state index in [-0.39, 0.29) is 36.3 Å². The number of carbonyl (C=O) groups is 1. The second-order valence-corrected chi connectivity index (χ2v) is 7.22. The van der Waals surface area contributed by atoms with Crippen LogP contribution in [0.5, 0.6) is 0 Å². The molecule has 1 saturated heterocycles. The van der Waals surface area contributed by atoms with Crippen molar-refractivity contribution in [2.45, 2.75) is 56.7 Å². The molecule has 0 spiro atoms. The molecule has 0 aromatic heterocycles. The molecule has 1 aliphatic carbocycles. The van der Waals surface area contributed by atoms with E-state index in [0.717, 1.165) is 38.5 Å². The summed E-state index contributed by atoms with van der Waals surface area (Å²) >= 11 is 0. The van der Waals surface area contributed by atoms with E-state index >= 15 is 0 Å². The van der Waals surface area contributed by atoms with Crippen LogP contribution in [0.4, 0.5) is 10.1 Å². The largest absolute Gasteiger partial charge is 0.379 e. The molecule has 0 radical (unpaired) electrons. The summed E-state index contributed by atoms with van der Waals surface area (Å²) in [4.78, 5) is 14.0. The summed E-state index contributed by atoms with van der Waals surface area (Å²) < 4.78 is 14.0. The van der Waals surface area contributed by atoms with Crippen molar-refractivity contribution in [3.05, 3.63) is 29.6 Å². The fraction of sp³-hybridized carbons (Fsp3) is 0.550. The lowest BCUT2D eigenvalue weighted by atomic mass is 9.90. The Bertz CT molecular complexity index is 761. The van der Waals surface area contributed by atoms with Gasteiger partial charge in [0, 0.05) is 18.6 Å². The normalized spacial score (nSPS) is 24.9. The molecule has 2 aliphatic rings. The summed E-state index contributed by atoms with van der Waals surface area (Å²) in [5, 5.41) is 24.7. The molecule has 0 unspecified atom stereocenters. The first-order valence-corrected chi connectivity index (χ1v) is 9.50. The van der Waals surface area contributed by atoms with Crippen LogP contribution in [-0.4, -0.2) is 42.0 Å². The number of nitriles is 2. The minimum atomic E-state index is -0.405. The first-order valence-electron chi connectivity index (χ1n) is 9.50. The highest BCUT2D eigenvalue weighted by molar-refractivity contribution is 5.79. The number of likely N-dealkylation sites (tertiary alicyclic amines) is 1. The molecule has 142 valence electrons. The van der Waals surface area contributed by atoms with Crippen molar-refractivity contribution >= 4 is 11.6 Å². The summed E-state index contributed by atoms with van der Waals surface area (Å²) in [7, 11) is 0. The van der Waals surface area contributed by atoms with Gasteiger partial charge < -0.3 is 15.5 Å². The highest BCUT2D eigenvalue weighted by atomic mass is 19.1. The standard InChI is InChI=1S/C20H24FN5O/c21-18-5-1-3-14(11-22)20(18)25-16-8-6-15(7-9-16)24-13-19(27)26-10-2-4-17(26)12-23/h1,3,5,15-17,24-25H,2,4,6-10,13H2/t15?,16?,17-/m0/s1. The molecule has 1 aromatic carbocycles. The van der Waals surface area contributed by atoms with Crippen molar-refractivity contribution in [1.82, 2.24) is 10.2 Å². The number of amides is 1. The Morgan fingerprint density at radius 3 is 2.63 bits per heavy atom. The Hall–Kier alpha value is -2.64. The van der Waals surface area contributed by atoms with Gasteiger partial charge in [0.1, 0.15) is 17.9 Å². The van der Waals surface area contributed by atoms with E-state index in [4.69, 9.17) is 10.5 Å². The number of hydrogen-bond acceptors (Lipinski definition) is 5. The fourth-order valence-electron chi connectivity index (χ4n) is 3.94. The summed E-state index contributed by atoms with van der Waals surface area (Å²) in [5.41, 5.74) is 0.599. The Morgan fingerprint density at radius 1 is 1.19 bits per heavy atom. The SMILES string of the molecule is N#Cc1cccc(F)c1NC1CCC(NCC(=O)N2CCC[C@H]2C#N)CC1. The average molecular weight is 369 g/mol. The van der Waals surface area contributed by atoms with Gasteiger partial charge in [-0.1, -0.05) is 6.07 Å². The number of benzene rings is 1. The third kappa shape index (κ3) is 4.56. The van der Waals surface area contributed by atoms with E-state index in [1.807, 2.05) is 6.07 Å². The molecule has 1 atom stereocenters. The van der Waals surface area contributed by atoms with Crippen LogP contribution < -0.4 is 10.6 Å². The number of rotatable bonds is 5. The zero-order chi connectivity index (χ0) is 19.2. The fourth-order valence-corrected chi connectivity index (χ4v) is 3.94. The number of nitrogens with zero attached hydrogens (tertiary/aromatic N) is 3. The number of para-hydroxylation sites is 1. The molecule has 1 heterocycles. The number of anilines is 1. The third-order valence-corrected chi connectivity index (χ3v) is 5.47. The predicted octanol–water partition coefficient (Wildman–Crippen LogP) is 2.52. The van der Waals surface area contributed by atoms with E-state index in [2.05, 4.69) is 16.7 Å². The van der Waals surface area contributed by atoms with Crippen molar-refractivity contribution < 1.29 is 9.18 Å². The van der Waals surface area contributed by atoms with Crippen LogP contribution in [0.25, 0.3) is 0 Å². The van der Waals surface area contributed by atoms with Crippen molar-refractivity contribution in [3.63, 3.8) is 0 Å². The van der Waals surface area contributed by atoms with Crippen LogP contribution in [0.15, 0.2) is 18.2 Å². The predicted molar refractivity (Wildman–Crippen MR) is 99.1 cm³/mol. The van der Waals surface area contributed by atoms with Crippen LogP contribution in [0.1, 0.15) is 44.1 Å². The summed E-state index contributed by atoms with van der Waals surface area (Å²) in [6.07, 6.45) is 5.10. The maximum Gasteiger partial charge on any atom is 0.237 e. The molecule has 1 amide bonds. The van der Waals surface area contributed by atoms with E-state index in [1.165, 1.54) is 12.1 Å². The molecular weight excluding hydrogens is 345 g/mol. The number of halogens is 1. The van der Waals surface area contributed by atoms with Gasteiger partial charge in [-0.25, -0.2) is 4.39 Å². The Morgan fingerprint density at radius 2 is 1.93 bits per heavy atom. The lowest BCUT2D eigenvalue weighted by Gasteiger charge is -2.31. The maximum absolute atomic E-state index is 14.0. The first-order chi connectivity index (χ1) is 13.1. The van der Waals surface area contributed by atoms with Crippen molar-refractivity contribution in [2.24, 2.45) is 0 Å². The van der Waals surface area contributed by atoms with Crippen LogP contribution in [0.2, 0.25) is 0 Å². The highest BCUT2D eigenvalue weighted by Crippen LogP contribution is 2.26. The van der Waals surface area contributed by atoms with Gasteiger partial charge in [-0.2, -0.15) is 10.5 Å². The van der Waals surface area contributed by atoms with Gasteiger partial charge in [0.15, 0.2) is 0 Å². The highest BCUT2D eigenvalue weighted by Gasteiger charge is 2.29. The molecule has 3 rings (SSSR count). The zero-order valence-electron chi connectivity index (χ0n) is 15.2. The van der Waals surface area contributed by atoms with Crippen LogP contribution in [0, 0.1) is 28.5 Å². The number of hydrogen-bond donors (Lipinski definition) is 2. The lowest BCUT2D eigenvalue weighted by molar-refractivity contribution is -0.130. The minimum Gasteiger partial charge on any atom is -0.379 e. The van der Waals surface area contributed by atoms with Gasteiger partial charge in [0.2, 0.25) is 5.91 Å². The van der Waals surface area contributed by atoms with Crippen LogP contribution >= 0.6 is 0 Å². The molecule has 1 aromatic rings. The number of carbonyl (C=O) groups excluding carboxylic acids is 1. The van der Waals surface area contributed by atoms with Crippen LogP contribution in [0.3, 0.4) is 0 Å². The third-order valence-electron chi connectivity index (χ3n) is 5.47. The molecule has 7 heteroatoms. The second-order valence-electron chi connectivity index (χ2n) is 7.22. The Kier molecular flexibility index (Phi) is 6.26. The van der Waals surface area contributed by atoms with Crippen molar-refractivity contribution in [3.8, 4) is 12.1 Å². The molecular formula is C20H24FN5O. The first kappa shape index (κ1) is 19.1. The quantitative estimate of drug-likeness (QED) is 0.832. The molecule has 6 nitrogen and oxygen atoms in total. The summed E-state index contributed by atoms with van der Waals surface area (Å²) in [6, 6.07) is 8.79. The lowest BCUT2D eigenvalue weighted by Crippen LogP contribution is -2.45. The summed E-state index contributed by atoms with van der Waals surface area (Å²) in [5.74, 6) is -0.415. The molecule has 2 N–H and O–H groups in total. The number of nitrogens with one attached hydrogen (secondary N) is 2. The van der Waals surface area contributed by atoms with E-state index < -0.39 is 5.82 Å². The molecule has 27 heavy (non-hydrogen) atoms. The average Bonchev–Trinajstić information content (AvgIpc) is 3.17. The molecule has 1 saturated carbocycles. The molecule has 1 aliphatic heterocycles. The van der Waals surface area contributed by atoms with Gasteiger partial charge in [0.05, 0.1) is 23.9 Å². The summed E-state index contributed by atoms with van der Waals surface area (Å²) in [6.45, 7) is 0.923. The smallest absolute Gasteiger partial charge is 0.237 e. The van der Waals surface area contributed by atoms with Gasteiger partial charge in [-0.3, -0.25) is 4.79 Å². The van der Waals surface area contributed by atoms with Crippen molar-refractivity contribution in [1.29, 1.82) is 10.5 Å².